The molecule has 7 heteroatoms. The van der Waals surface area contributed by atoms with Crippen molar-refractivity contribution in [1.82, 2.24) is 4.57 Å². The molecule has 0 amide bonds. The molecule has 0 unspecified atom stereocenters. The molecule has 0 bridgehead atoms. The molecule has 196 valence electrons. The maximum atomic E-state index is 14.0. The Bertz CT molecular complexity index is 1700. The van der Waals surface area contributed by atoms with Crippen LogP contribution in [0.25, 0.3) is 21.9 Å². The van der Waals surface area contributed by atoms with E-state index in [1.807, 2.05) is 83.4 Å². The molecule has 1 aliphatic rings. The predicted molar refractivity (Wildman–Crippen MR) is 154 cm³/mol. The van der Waals surface area contributed by atoms with Gasteiger partial charge in [-0.2, -0.15) is 0 Å². The summed E-state index contributed by atoms with van der Waals surface area (Å²) in [5.41, 5.74) is 4.68. The topological polar surface area (TPSA) is 58.9 Å². The number of ether oxygens (including phenoxy) is 4. The molecule has 1 aliphatic heterocycles. The Hall–Kier alpha value is -4.07. The first-order valence-corrected chi connectivity index (χ1v) is 13.4. The van der Waals surface area contributed by atoms with E-state index in [4.69, 9.17) is 18.9 Å². The van der Waals surface area contributed by atoms with Crippen molar-refractivity contribution in [2.45, 2.75) is 19.8 Å². The van der Waals surface area contributed by atoms with E-state index < -0.39 is 0 Å². The maximum Gasteiger partial charge on any atom is 0.259 e. The van der Waals surface area contributed by atoms with E-state index in [0.29, 0.717) is 30.0 Å². The Morgan fingerprint density at radius 1 is 0.821 bits per heavy atom. The third-order valence-corrected chi connectivity index (χ3v) is 7.34. The number of benzene rings is 4. The third kappa shape index (κ3) is 5.15. The first-order chi connectivity index (χ1) is 19.1. The molecule has 5 aromatic rings. The van der Waals surface area contributed by atoms with Gasteiger partial charge in [0.05, 0.1) is 32.6 Å². The number of hydrogen-bond donors (Lipinski definition) is 0. The number of halogens is 1. The second-order valence-corrected chi connectivity index (χ2v) is 10.2. The van der Waals surface area contributed by atoms with Gasteiger partial charge in [-0.25, -0.2) is 0 Å². The third-order valence-electron chi connectivity index (χ3n) is 6.85. The van der Waals surface area contributed by atoms with Crippen molar-refractivity contribution >= 4 is 26.7 Å². The van der Waals surface area contributed by atoms with Crippen molar-refractivity contribution in [3.05, 3.63) is 123 Å². The van der Waals surface area contributed by atoms with Crippen LogP contribution in [0.3, 0.4) is 0 Å². The zero-order valence-corrected chi connectivity index (χ0v) is 22.9. The lowest BCUT2D eigenvalue weighted by Crippen LogP contribution is -2.26. The van der Waals surface area contributed by atoms with E-state index in [9.17, 15) is 4.79 Å². The van der Waals surface area contributed by atoms with E-state index in [2.05, 4.69) is 28.1 Å². The molecule has 0 N–H and O–H groups in total. The van der Waals surface area contributed by atoms with Crippen molar-refractivity contribution in [1.29, 1.82) is 0 Å². The summed E-state index contributed by atoms with van der Waals surface area (Å²) in [6.45, 7) is 1.21. The Morgan fingerprint density at radius 3 is 2.38 bits per heavy atom. The van der Waals surface area contributed by atoms with E-state index in [1.54, 1.807) is 7.11 Å². The van der Waals surface area contributed by atoms with Crippen LogP contribution in [0, 0.1) is 0 Å². The standard InChI is InChI=1S/C32H26BrNO5/c1-36-25-11-7-21(8-12-25)18-37-19-28-31(23-5-3-2-4-6-23)27-16-24(33)10-13-26(27)32(35)34(28)17-22-9-14-29-30(15-22)39-20-38-29/h2-16H,17-20H2,1H3. The summed E-state index contributed by atoms with van der Waals surface area (Å²) in [4.78, 5) is 14.0. The fourth-order valence-electron chi connectivity index (χ4n) is 4.92. The van der Waals surface area contributed by atoms with Gasteiger partial charge in [-0.3, -0.25) is 4.79 Å². The Labute approximate surface area is 234 Å². The summed E-state index contributed by atoms with van der Waals surface area (Å²) in [5.74, 6) is 2.19. The summed E-state index contributed by atoms with van der Waals surface area (Å²) in [6.07, 6.45) is 0. The number of aromatic nitrogens is 1. The summed E-state index contributed by atoms with van der Waals surface area (Å²) < 4.78 is 25.4. The molecule has 39 heavy (non-hydrogen) atoms. The lowest BCUT2D eigenvalue weighted by Gasteiger charge is -2.21. The second kappa shape index (κ2) is 11.0. The highest BCUT2D eigenvalue weighted by molar-refractivity contribution is 9.10. The number of hydrogen-bond acceptors (Lipinski definition) is 5. The second-order valence-electron chi connectivity index (χ2n) is 9.30. The van der Waals surface area contributed by atoms with Gasteiger partial charge in [-0.1, -0.05) is 64.5 Å². The van der Waals surface area contributed by atoms with Crippen molar-refractivity contribution < 1.29 is 18.9 Å². The average Bonchev–Trinajstić information content (AvgIpc) is 3.44. The molecule has 0 spiro atoms. The van der Waals surface area contributed by atoms with Gasteiger partial charge in [0.15, 0.2) is 11.5 Å². The van der Waals surface area contributed by atoms with Crippen molar-refractivity contribution in [3.63, 3.8) is 0 Å². The van der Waals surface area contributed by atoms with Crippen LogP contribution in [0.4, 0.5) is 0 Å². The molecule has 2 heterocycles. The summed E-state index contributed by atoms with van der Waals surface area (Å²) >= 11 is 3.61. The molecule has 6 nitrogen and oxygen atoms in total. The van der Waals surface area contributed by atoms with Gasteiger partial charge in [0, 0.05) is 15.4 Å². The Balaban J connectivity index is 1.47. The van der Waals surface area contributed by atoms with Gasteiger partial charge >= 0.3 is 0 Å². The van der Waals surface area contributed by atoms with Crippen LogP contribution in [0.15, 0.2) is 100 Å². The molecule has 1 aromatic heterocycles. The molecule has 0 fully saturated rings. The van der Waals surface area contributed by atoms with Crippen LogP contribution in [-0.4, -0.2) is 18.5 Å². The van der Waals surface area contributed by atoms with Crippen LogP contribution < -0.4 is 19.8 Å². The van der Waals surface area contributed by atoms with Crippen LogP contribution >= 0.6 is 15.9 Å². The predicted octanol–water partition coefficient (Wildman–Crippen LogP) is 6.93. The molecular weight excluding hydrogens is 558 g/mol. The highest BCUT2D eigenvalue weighted by Gasteiger charge is 2.20. The average molecular weight is 584 g/mol. The SMILES string of the molecule is COc1ccc(COCc2c(-c3ccccc3)c3cc(Br)ccc3c(=O)n2Cc2ccc3c(c2)OCO3)cc1. The minimum absolute atomic E-state index is 0.0714. The van der Waals surface area contributed by atoms with Gasteiger partial charge in [0.1, 0.15) is 5.75 Å². The minimum Gasteiger partial charge on any atom is -0.497 e. The molecule has 0 atom stereocenters. The minimum atomic E-state index is -0.0714. The van der Waals surface area contributed by atoms with Crippen molar-refractivity contribution in [2.75, 3.05) is 13.9 Å². The first kappa shape index (κ1) is 25.2. The lowest BCUT2D eigenvalue weighted by molar-refractivity contribution is 0.102. The summed E-state index contributed by atoms with van der Waals surface area (Å²) in [7, 11) is 1.65. The van der Waals surface area contributed by atoms with Crippen LogP contribution in [-0.2, 0) is 24.5 Å². The van der Waals surface area contributed by atoms with Gasteiger partial charge in [-0.05, 0) is 64.5 Å². The normalized spacial score (nSPS) is 12.2. The van der Waals surface area contributed by atoms with E-state index in [-0.39, 0.29) is 19.0 Å². The Kier molecular flexibility index (Phi) is 7.09. The highest BCUT2D eigenvalue weighted by atomic mass is 79.9. The number of rotatable bonds is 8. The number of pyridine rings is 1. The lowest BCUT2D eigenvalue weighted by atomic mass is 9.96. The summed E-state index contributed by atoms with van der Waals surface area (Å²) in [5, 5.41) is 1.53. The fraction of sp³-hybridized carbons (Fsp3) is 0.156. The molecule has 0 radical (unpaired) electrons. The van der Waals surface area contributed by atoms with Gasteiger partial charge in [0.25, 0.3) is 5.56 Å². The van der Waals surface area contributed by atoms with Crippen LogP contribution in [0.2, 0.25) is 0 Å². The van der Waals surface area contributed by atoms with Gasteiger partial charge < -0.3 is 23.5 Å². The molecule has 0 saturated heterocycles. The van der Waals surface area contributed by atoms with Crippen molar-refractivity contribution in [3.8, 4) is 28.4 Å². The zero-order chi connectivity index (χ0) is 26.8. The molecular formula is C32H26BrNO5. The van der Waals surface area contributed by atoms with Gasteiger partial charge in [-0.15, -0.1) is 0 Å². The van der Waals surface area contributed by atoms with E-state index in [0.717, 1.165) is 43.6 Å². The zero-order valence-electron chi connectivity index (χ0n) is 21.4. The first-order valence-electron chi connectivity index (χ1n) is 12.6. The fourth-order valence-corrected chi connectivity index (χ4v) is 5.28. The smallest absolute Gasteiger partial charge is 0.259 e. The van der Waals surface area contributed by atoms with Gasteiger partial charge in [0.2, 0.25) is 6.79 Å². The number of nitrogens with zero attached hydrogens (tertiary/aromatic N) is 1. The van der Waals surface area contributed by atoms with E-state index >= 15 is 0 Å². The van der Waals surface area contributed by atoms with E-state index in [1.165, 1.54) is 0 Å². The van der Waals surface area contributed by atoms with Crippen LogP contribution in [0.5, 0.6) is 17.2 Å². The monoisotopic (exact) mass is 583 g/mol. The summed E-state index contributed by atoms with van der Waals surface area (Å²) in [6, 6.07) is 29.5. The largest absolute Gasteiger partial charge is 0.497 e. The van der Waals surface area contributed by atoms with Crippen LogP contribution in [0.1, 0.15) is 16.8 Å². The molecule has 0 aliphatic carbocycles. The Morgan fingerprint density at radius 2 is 1.59 bits per heavy atom. The van der Waals surface area contributed by atoms with Crippen molar-refractivity contribution in [2.24, 2.45) is 0 Å². The quantitative estimate of drug-likeness (QED) is 0.198. The molecule has 0 saturated carbocycles. The maximum absolute atomic E-state index is 14.0. The molecule has 4 aromatic carbocycles. The number of fused-ring (bicyclic) bond motifs is 2. The number of methoxy groups -OCH3 is 1. The highest BCUT2D eigenvalue weighted by Crippen LogP contribution is 2.35. The molecule has 6 rings (SSSR count).